The van der Waals surface area contributed by atoms with Gasteiger partial charge in [0.15, 0.2) is 0 Å². The Hall–Kier alpha value is -2.79. The van der Waals surface area contributed by atoms with Crippen molar-refractivity contribution in [3.8, 4) is 11.5 Å². The minimum atomic E-state index is -0.801. The smallest absolute Gasteiger partial charge is 0.437 e. The number of hydrogen-bond donors (Lipinski definition) is 0. The highest BCUT2D eigenvalue weighted by Gasteiger charge is 2.29. The Kier molecular flexibility index (Phi) is 7.39. The number of fused-ring (bicyclic) bond motifs is 2. The maximum Gasteiger partial charge on any atom is 0.513 e. The standard InChI is InChI=1S/C25H27ClO5/c1-5-22(27)30-23-19-12-10-17(26)14-21(19)24(31-25(28)29-4)18-11-9-16(13-20(18)23)8-6-7-15(2)3/h5,7,10,12,14,16H,1,6,8-9,11,13H2,2-4H3. The first-order chi connectivity index (χ1) is 14.8. The summed E-state index contributed by atoms with van der Waals surface area (Å²) in [6, 6.07) is 5.21. The van der Waals surface area contributed by atoms with Gasteiger partial charge >= 0.3 is 12.1 Å². The summed E-state index contributed by atoms with van der Waals surface area (Å²) in [6.07, 6.45) is 6.98. The van der Waals surface area contributed by atoms with Crippen molar-refractivity contribution in [2.45, 2.75) is 46.0 Å². The van der Waals surface area contributed by atoms with E-state index in [1.54, 1.807) is 18.2 Å². The third-order valence-corrected chi connectivity index (χ3v) is 5.76. The van der Waals surface area contributed by atoms with Crippen molar-refractivity contribution in [3.05, 3.63) is 58.7 Å². The zero-order valence-electron chi connectivity index (χ0n) is 18.1. The van der Waals surface area contributed by atoms with Crippen molar-refractivity contribution < 1.29 is 23.8 Å². The van der Waals surface area contributed by atoms with Gasteiger partial charge in [0.2, 0.25) is 0 Å². The quantitative estimate of drug-likeness (QED) is 0.166. The van der Waals surface area contributed by atoms with Gasteiger partial charge in [-0.1, -0.05) is 29.8 Å². The fraction of sp³-hybridized carbons (Fsp3) is 0.360. The van der Waals surface area contributed by atoms with Gasteiger partial charge in [0.1, 0.15) is 11.5 Å². The lowest BCUT2D eigenvalue weighted by atomic mass is 9.79. The van der Waals surface area contributed by atoms with Crippen LogP contribution in [0.4, 0.5) is 4.79 Å². The van der Waals surface area contributed by atoms with Crippen LogP contribution in [0.15, 0.2) is 42.5 Å². The molecule has 5 nitrogen and oxygen atoms in total. The highest BCUT2D eigenvalue weighted by molar-refractivity contribution is 6.31. The lowest BCUT2D eigenvalue weighted by Gasteiger charge is -2.29. The minimum Gasteiger partial charge on any atom is -0.437 e. The highest BCUT2D eigenvalue weighted by Crippen LogP contribution is 2.46. The number of methoxy groups -OCH3 is 1. The van der Waals surface area contributed by atoms with E-state index >= 15 is 0 Å². The summed E-state index contributed by atoms with van der Waals surface area (Å²) in [5.74, 6) is 0.794. The molecule has 0 heterocycles. The molecule has 0 bridgehead atoms. The summed E-state index contributed by atoms with van der Waals surface area (Å²) in [6.45, 7) is 7.70. The predicted molar refractivity (Wildman–Crippen MR) is 122 cm³/mol. The van der Waals surface area contributed by atoms with Crippen molar-refractivity contribution in [2.75, 3.05) is 7.11 Å². The Morgan fingerprint density at radius 1 is 1.16 bits per heavy atom. The Morgan fingerprint density at radius 2 is 1.90 bits per heavy atom. The lowest BCUT2D eigenvalue weighted by Crippen LogP contribution is -2.19. The van der Waals surface area contributed by atoms with Crippen molar-refractivity contribution in [1.82, 2.24) is 0 Å². The zero-order valence-corrected chi connectivity index (χ0v) is 18.9. The first kappa shape index (κ1) is 22.9. The highest BCUT2D eigenvalue weighted by atomic mass is 35.5. The maximum atomic E-state index is 12.1. The minimum absolute atomic E-state index is 0.417. The molecule has 164 valence electrons. The number of carbonyl (C=O) groups is 2. The second-order valence-electron chi connectivity index (χ2n) is 7.95. The number of allylic oxidation sites excluding steroid dienone is 2. The van der Waals surface area contributed by atoms with E-state index in [0.717, 1.165) is 42.9 Å². The number of ether oxygens (including phenoxy) is 3. The molecule has 31 heavy (non-hydrogen) atoms. The van der Waals surface area contributed by atoms with Crippen molar-refractivity contribution in [2.24, 2.45) is 5.92 Å². The first-order valence-corrected chi connectivity index (χ1v) is 10.7. The van der Waals surface area contributed by atoms with E-state index < -0.39 is 12.1 Å². The molecule has 6 heteroatoms. The summed E-state index contributed by atoms with van der Waals surface area (Å²) in [5.41, 5.74) is 3.04. The molecule has 3 rings (SSSR count). The third kappa shape index (κ3) is 5.28. The summed E-state index contributed by atoms with van der Waals surface area (Å²) >= 11 is 6.23. The van der Waals surface area contributed by atoms with Gasteiger partial charge in [-0.3, -0.25) is 0 Å². The Labute approximate surface area is 187 Å². The van der Waals surface area contributed by atoms with E-state index in [2.05, 4.69) is 26.5 Å². The monoisotopic (exact) mass is 442 g/mol. The second kappa shape index (κ2) is 10.0. The van der Waals surface area contributed by atoms with Crippen molar-refractivity contribution >= 4 is 34.5 Å². The van der Waals surface area contributed by atoms with E-state index in [1.165, 1.54) is 12.7 Å². The van der Waals surface area contributed by atoms with Gasteiger partial charge in [0, 0.05) is 33.0 Å². The molecule has 0 fully saturated rings. The normalized spacial score (nSPS) is 15.0. The summed E-state index contributed by atoms with van der Waals surface area (Å²) in [5, 5.41) is 1.74. The zero-order chi connectivity index (χ0) is 22.5. The molecule has 2 aromatic carbocycles. The lowest BCUT2D eigenvalue weighted by molar-refractivity contribution is -0.128. The van der Waals surface area contributed by atoms with Crippen LogP contribution in [0.3, 0.4) is 0 Å². The van der Waals surface area contributed by atoms with E-state index in [0.29, 0.717) is 39.6 Å². The number of rotatable bonds is 6. The average Bonchev–Trinajstić information content (AvgIpc) is 2.75. The van der Waals surface area contributed by atoms with E-state index in [9.17, 15) is 9.59 Å². The molecule has 0 radical (unpaired) electrons. The predicted octanol–water partition coefficient (Wildman–Crippen LogP) is 6.58. The molecule has 0 saturated carbocycles. The van der Waals surface area contributed by atoms with Crippen LogP contribution in [0.25, 0.3) is 10.8 Å². The Morgan fingerprint density at radius 3 is 2.58 bits per heavy atom. The van der Waals surface area contributed by atoms with Gasteiger partial charge in [-0.2, -0.15) is 0 Å². The topological polar surface area (TPSA) is 61.8 Å². The molecule has 0 spiro atoms. The average molecular weight is 443 g/mol. The second-order valence-corrected chi connectivity index (χ2v) is 8.39. The van der Waals surface area contributed by atoms with Crippen LogP contribution in [0.5, 0.6) is 11.5 Å². The van der Waals surface area contributed by atoms with Crippen molar-refractivity contribution in [3.63, 3.8) is 0 Å². The molecule has 0 N–H and O–H groups in total. The van der Waals surface area contributed by atoms with Gasteiger partial charge in [-0.05, 0) is 70.1 Å². The number of carbonyl (C=O) groups excluding carboxylic acids is 2. The van der Waals surface area contributed by atoms with E-state index in [4.69, 9.17) is 25.8 Å². The van der Waals surface area contributed by atoms with Crippen molar-refractivity contribution in [1.29, 1.82) is 0 Å². The largest absolute Gasteiger partial charge is 0.513 e. The van der Waals surface area contributed by atoms with Crippen LogP contribution in [0.1, 0.15) is 44.2 Å². The molecular formula is C25H27ClO5. The first-order valence-electron chi connectivity index (χ1n) is 10.3. The maximum absolute atomic E-state index is 12.1. The van der Waals surface area contributed by atoms with Crippen LogP contribution in [-0.4, -0.2) is 19.2 Å². The Balaban J connectivity index is 2.16. The Bertz CT molecular complexity index is 1050. The number of hydrogen-bond acceptors (Lipinski definition) is 5. The van der Waals surface area contributed by atoms with Crippen LogP contribution in [0, 0.1) is 5.92 Å². The third-order valence-electron chi connectivity index (χ3n) is 5.53. The van der Waals surface area contributed by atoms with Gasteiger partial charge in [0.25, 0.3) is 0 Å². The molecule has 0 aliphatic heterocycles. The van der Waals surface area contributed by atoms with Gasteiger partial charge in [-0.25, -0.2) is 9.59 Å². The molecule has 0 saturated heterocycles. The molecule has 0 aromatic heterocycles. The van der Waals surface area contributed by atoms with E-state index in [1.807, 2.05) is 0 Å². The molecular weight excluding hydrogens is 416 g/mol. The van der Waals surface area contributed by atoms with E-state index in [-0.39, 0.29) is 0 Å². The summed E-state index contributed by atoms with van der Waals surface area (Å²) in [4.78, 5) is 24.1. The summed E-state index contributed by atoms with van der Waals surface area (Å²) in [7, 11) is 1.27. The van der Waals surface area contributed by atoms with Crippen LogP contribution in [-0.2, 0) is 22.4 Å². The molecule has 2 aromatic rings. The summed E-state index contributed by atoms with van der Waals surface area (Å²) < 4.78 is 16.0. The van der Waals surface area contributed by atoms with Gasteiger partial charge in [0.05, 0.1) is 7.11 Å². The molecule has 1 unspecified atom stereocenters. The van der Waals surface area contributed by atoms with Gasteiger partial charge in [-0.15, -0.1) is 0 Å². The molecule has 1 aliphatic carbocycles. The fourth-order valence-corrected chi connectivity index (χ4v) is 4.25. The van der Waals surface area contributed by atoms with Crippen LogP contribution >= 0.6 is 11.6 Å². The molecule has 1 atom stereocenters. The fourth-order valence-electron chi connectivity index (χ4n) is 4.08. The SMILES string of the molecule is C=CC(=O)Oc1c2c(c(OC(=O)OC)c3cc(Cl)ccc13)CCC(CCC=C(C)C)C2. The van der Waals surface area contributed by atoms with Crippen LogP contribution in [0.2, 0.25) is 5.02 Å². The number of halogens is 1. The molecule has 0 amide bonds. The van der Waals surface area contributed by atoms with Crippen LogP contribution < -0.4 is 9.47 Å². The number of esters is 1. The van der Waals surface area contributed by atoms with Gasteiger partial charge < -0.3 is 14.2 Å². The molecule has 1 aliphatic rings. The number of benzene rings is 2.